The number of benzene rings is 2. The minimum atomic E-state index is -3.73. The number of halogens is 1. The van der Waals surface area contributed by atoms with Crippen molar-refractivity contribution in [3.63, 3.8) is 0 Å². The average molecular weight is 420 g/mol. The highest BCUT2D eigenvalue weighted by Gasteiger charge is 2.35. The van der Waals surface area contributed by atoms with Crippen LogP contribution in [0.2, 0.25) is 0 Å². The fraction of sp³-hybridized carbons (Fsp3) is 0.381. The van der Waals surface area contributed by atoms with Crippen molar-refractivity contribution in [2.24, 2.45) is 0 Å². The average Bonchev–Trinajstić information content (AvgIpc) is 2.72. The van der Waals surface area contributed by atoms with Gasteiger partial charge in [-0.25, -0.2) is 12.8 Å². The van der Waals surface area contributed by atoms with Gasteiger partial charge in [0.1, 0.15) is 11.9 Å². The summed E-state index contributed by atoms with van der Waals surface area (Å²) in [6.07, 6.45) is 1.39. The molecule has 29 heavy (non-hydrogen) atoms. The van der Waals surface area contributed by atoms with Gasteiger partial charge in [-0.2, -0.15) is 0 Å². The van der Waals surface area contributed by atoms with Crippen molar-refractivity contribution in [2.45, 2.75) is 19.4 Å². The van der Waals surface area contributed by atoms with E-state index in [1.165, 1.54) is 24.3 Å². The van der Waals surface area contributed by atoms with E-state index < -0.39 is 21.9 Å². The van der Waals surface area contributed by atoms with E-state index in [0.29, 0.717) is 32.6 Å². The molecule has 1 amide bonds. The topological polar surface area (TPSA) is 60.9 Å². The van der Waals surface area contributed by atoms with Crippen molar-refractivity contribution < 1.29 is 17.6 Å². The van der Waals surface area contributed by atoms with Gasteiger partial charge in [-0.1, -0.05) is 25.1 Å². The zero-order chi connectivity index (χ0) is 21.0. The molecule has 1 aliphatic rings. The Morgan fingerprint density at radius 3 is 2.14 bits per heavy atom. The van der Waals surface area contributed by atoms with E-state index in [0.717, 1.165) is 16.2 Å². The predicted octanol–water partition coefficient (Wildman–Crippen LogP) is 2.72. The van der Waals surface area contributed by atoms with E-state index in [4.69, 9.17) is 0 Å². The van der Waals surface area contributed by atoms with Crippen LogP contribution in [0.4, 0.5) is 15.8 Å². The largest absolute Gasteiger partial charge is 0.368 e. The molecule has 0 radical (unpaired) electrons. The quantitative estimate of drug-likeness (QED) is 0.722. The molecule has 156 valence electrons. The molecule has 6 nitrogen and oxygen atoms in total. The van der Waals surface area contributed by atoms with Gasteiger partial charge >= 0.3 is 0 Å². The van der Waals surface area contributed by atoms with Gasteiger partial charge in [-0.05, 0) is 42.8 Å². The lowest BCUT2D eigenvalue weighted by molar-refractivity contribution is -0.132. The van der Waals surface area contributed by atoms with Crippen molar-refractivity contribution in [3.8, 4) is 0 Å². The third-order valence-corrected chi connectivity index (χ3v) is 6.29. The van der Waals surface area contributed by atoms with Crippen LogP contribution in [0.1, 0.15) is 13.3 Å². The van der Waals surface area contributed by atoms with Gasteiger partial charge in [-0.3, -0.25) is 9.10 Å². The van der Waals surface area contributed by atoms with Crippen LogP contribution in [0.3, 0.4) is 0 Å². The van der Waals surface area contributed by atoms with Crippen LogP contribution in [-0.2, 0) is 14.8 Å². The number of para-hydroxylation sites is 1. The molecular weight excluding hydrogens is 393 g/mol. The summed E-state index contributed by atoms with van der Waals surface area (Å²) in [6, 6.07) is 14.3. The van der Waals surface area contributed by atoms with Crippen molar-refractivity contribution >= 4 is 27.3 Å². The highest BCUT2D eigenvalue weighted by atomic mass is 32.2. The minimum absolute atomic E-state index is 0.227. The van der Waals surface area contributed by atoms with E-state index >= 15 is 0 Å². The molecule has 0 saturated carbocycles. The SMILES string of the molecule is CCC(C(=O)N1CCN(c2ccccc2)CC1)N(c1ccc(F)cc1)S(C)(=O)=O. The van der Waals surface area contributed by atoms with Crippen LogP contribution < -0.4 is 9.21 Å². The van der Waals surface area contributed by atoms with Gasteiger partial charge in [0, 0.05) is 31.9 Å². The Hall–Kier alpha value is -2.61. The van der Waals surface area contributed by atoms with Crippen molar-refractivity contribution in [3.05, 3.63) is 60.4 Å². The molecule has 1 fully saturated rings. The van der Waals surface area contributed by atoms with Crippen LogP contribution >= 0.6 is 0 Å². The third kappa shape index (κ3) is 4.87. The minimum Gasteiger partial charge on any atom is -0.368 e. The molecule has 3 rings (SSSR count). The molecule has 0 N–H and O–H groups in total. The summed E-state index contributed by atoms with van der Waals surface area (Å²) in [6.45, 7) is 4.18. The zero-order valence-electron chi connectivity index (χ0n) is 16.7. The van der Waals surface area contributed by atoms with Gasteiger partial charge in [0.15, 0.2) is 0 Å². The van der Waals surface area contributed by atoms with Crippen LogP contribution in [-0.4, -0.2) is 57.7 Å². The molecule has 1 atom stereocenters. The molecule has 1 unspecified atom stereocenters. The number of nitrogens with zero attached hydrogens (tertiary/aromatic N) is 3. The second kappa shape index (κ2) is 8.82. The smallest absolute Gasteiger partial charge is 0.246 e. The number of carbonyl (C=O) groups is 1. The van der Waals surface area contributed by atoms with Crippen LogP contribution in [0.5, 0.6) is 0 Å². The normalized spacial score (nSPS) is 15.8. The van der Waals surface area contributed by atoms with E-state index in [2.05, 4.69) is 4.90 Å². The lowest BCUT2D eigenvalue weighted by Crippen LogP contribution is -2.56. The second-order valence-corrected chi connectivity index (χ2v) is 8.97. The van der Waals surface area contributed by atoms with E-state index in [1.807, 2.05) is 30.3 Å². The summed E-state index contributed by atoms with van der Waals surface area (Å²) in [7, 11) is -3.73. The first-order chi connectivity index (χ1) is 13.8. The first kappa shape index (κ1) is 21.1. The summed E-state index contributed by atoms with van der Waals surface area (Å²) < 4.78 is 39.4. The Bertz CT molecular complexity index is 927. The molecule has 1 saturated heterocycles. The second-order valence-electron chi connectivity index (χ2n) is 7.11. The van der Waals surface area contributed by atoms with Crippen LogP contribution in [0, 0.1) is 5.82 Å². The number of anilines is 2. The summed E-state index contributed by atoms with van der Waals surface area (Å²) >= 11 is 0. The number of sulfonamides is 1. The van der Waals surface area contributed by atoms with Gasteiger partial charge < -0.3 is 9.80 Å². The molecule has 1 aliphatic heterocycles. The van der Waals surface area contributed by atoms with Crippen LogP contribution in [0.25, 0.3) is 0 Å². The van der Waals surface area contributed by atoms with Crippen molar-refractivity contribution in [2.75, 3.05) is 41.6 Å². The Balaban J connectivity index is 1.77. The third-order valence-electron chi connectivity index (χ3n) is 5.11. The van der Waals surface area contributed by atoms with Crippen molar-refractivity contribution in [1.29, 1.82) is 0 Å². The molecule has 0 spiro atoms. The number of amides is 1. The number of piperazine rings is 1. The molecule has 0 aliphatic carbocycles. The van der Waals surface area contributed by atoms with Crippen LogP contribution in [0.15, 0.2) is 54.6 Å². The number of hydrogen-bond donors (Lipinski definition) is 0. The summed E-state index contributed by atoms with van der Waals surface area (Å²) in [5.41, 5.74) is 1.40. The van der Waals surface area contributed by atoms with E-state index in [-0.39, 0.29) is 11.6 Å². The molecule has 2 aromatic carbocycles. The highest BCUT2D eigenvalue weighted by molar-refractivity contribution is 7.92. The van der Waals surface area contributed by atoms with Gasteiger partial charge in [0.2, 0.25) is 15.9 Å². The summed E-state index contributed by atoms with van der Waals surface area (Å²) in [4.78, 5) is 17.2. The molecule has 0 aromatic heterocycles. The van der Waals surface area contributed by atoms with Gasteiger partial charge in [0.05, 0.1) is 11.9 Å². The maximum absolute atomic E-state index is 13.3. The summed E-state index contributed by atoms with van der Waals surface area (Å²) in [5.74, 6) is -0.687. The van der Waals surface area contributed by atoms with Gasteiger partial charge in [-0.15, -0.1) is 0 Å². The van der Waals surface area contributed by atoms with E-state index in [1.54, 1.807) is 11.8 Å². The standard InChI is InChI=1S/C21H26FN3O3S/c1-3-20(25(29(2,27)28)19-11-9-17(22)10-12-19)21(26)24-15-13-23(14-16-24)18-7-5-4-6-8-18/h4-12,20H,3,13-16H2,1-2H3. The number of rotatable bonds is 6. The lowest BCUT2D eigenvalue weighted by Gasteiger charge is -2.39. The Kier molecular flexibility index (Phi) is 6.42. The zero-order valence-corrected chi connectivity index (χ0v) is 17.5. The molecule has 2 aromatic rings. The fourth-order valence-electron chi connectivity index (χ4n) is 3.67. The maximum Gasteiger partial charge on any atom is 0.246 e. The summed E-state index contributed by atoms with van der Waals surface area (Å²) in [5, 5.41) is 0. The number of carbonyl (C=O) groups excluding carboxylic acids is 1. The van der Waals surface area contributed by atoms with E-state index in [9.17, 15) is 17.6 Å². The molecule has 1 heterocycles. The Morgan fingerprint density at radius 2 is 1.62 bits per heavy atom. The predicted molar refractivity (Wildman–Crippen MR) is 113 cm³/mol. The first-order valence-electron chi connectivity index (χ1n) is 9.65. The lowest BCUT2D eigenvalue weighted by atomic mass is 10.1. The number of hydrogen-bond acceptors (Lipinski definition) is 4. The Labute approximate surface area is 171 Å². The highest BCUT2D eigenvalue weighted by Crippen LogP contribution is 2.25. The molecule has 8 heteroatoms. The fourth-order valence-corrected chi connectivity index (χ4v) is 4.87. The Morgan fingerprint density at radius 1 is 1.03 bits per heavy atom. The molecular formula is C21H26FN3O3S. The van der Waals surface area contributed by atoms with Gasteiger partial charge in [0.25, 0.3) is 0 Å². The maximum atomic E-state index is 13.3. The monoisotopic (exact) mass is 419 g/mol. The molecule has 0 bridgehead atoms. The first-order valence-corrected chi connectivity index (χ1v) is 11.5. The van der Waals surface area contributed by atoms with Crippen molar-refractivity contribution in [1.82, 2.24) is 4.90 Å².